The van der Waals surface area contributed by atoms with Crippen LogP contribution in [0.1, 0.15) is 43.4 Å². The summed E-state index contributed by atoms with van der Waals surface area (Å²) >= 11 is 0. The van der Waals surface area contributed by atoms with E-state index in [9.17, 15) is 22.8 Å². The molecule has 0 aliphatic heterocycles. The number of amides is 2. The number of nitrogens with one attached hydrogen (secondary N) is 2. The van der Waals surface area contributed by atoms with Crippen LogP contribution in [0, 0.1) is 6.92 Å². The maximum atomic E-state index is 13.3. The Morgan fingerprint density at radius 1 is 1.07 bits per heavy atom. The lowest BCUT2D eigenvalue weighted by Gasteiger charge is -2.16. The number of anilines is 2. The van der Waals surface area contributed by atoms with Gasteiger partial charge in [-0.3, -0.25) is 9.59 Å². The van der Waals surface area contributed by atoms with Gasteiger partial charge in [0.15, 0.2) is 6.61 Å². The molecule has 0 aromatic heterocycles. The van der Waals surface area contributed by atoms with Gasteiger partial charge in [0.05, 0.1) is 11.3 Å². The maximum Gasteiger partial charge on any atom is 0.418 e. The molecular weight excluding hydrogens is 385 g/mol. The highest BCUT2D eigenvalue weighted by Gasteiger charge is 2.34. The van der Waals surface area contributed by atoms with Gasteiger partial charge in [0.2, 0.25) is 5.91 Å². The molecule has 2 amide bonds. The SMILES string of the molecule is CC(=O)Nc1ccc(NC(=O)COc2cc(C(C)C)ccc2C)c(C(F)(F)F)c1. The first-order valence-electron chi connectivity index (χ1n) is 8.99. The van der Waals surface area contributed by atoms with E-state index in [2.05, 4.69) is 10.6 Å². The fraction of sp³-hybridized carbons (Fsp3) is 0.333. The van der Waals surface area contributed by atoms with E-state index in [-0.39, 0.29) is 11.6 Å². The summed E-state index contributed by atoms with van der Waals surface area (Å²) in [6.07, 6.45) is -4.71. The molecule has 0 aliphatic rings. The second kappa shape index (κ2) is 8.98. The van der Waals surface area contributed by atoms with Crippen LogP contribution in [0.15, 0.2) is 36.4 Å². The Morgan fingerprint density at radius 3 is 2.34 bits per heavy atom. The first-order valence-corrected chi connectivity index (χ1v) is 8.99. The fourth-order valence-electron chi connectivity index (χ4n) is 2.63. The van der Waals surface area contributed by atoms with Crippen molar-refractivity contribution >= 4 is 23.2 Å². The minimum atomic E-state index is -4.71. The van der Waals surface area contributed by atoms with E-state index >= 15 is 0 Å². The quantitative estimate of drug-likeness (QED) is 0.698. The topological polar surface area (TPSA) is 67.4 Å². The van der Waals surface area contributed by atoms with Gasteiger partial charge in [-0.15, -0.1) is 0 Å². The van der Waals surface area contributed by atoms with E-state index < -0.39 is 35.8 Å². The van der Waals surface area contributed by atoms with Crippen LogP contribution in [0.25, 0.3) is 0 Å². The van der Waals surface area contributed by atoms with E-state index in [0.717, 1.165) is 23.3 Å². The van der Waals surface area contributed by atoms with Crippen molar-refractivity contribution in [1.29, 1.82) is 0 Å². The van der Waals surface area contributed by atoms with Gasteiger partial charge in [0, 0.05) is 12.6 Å². The van der Waals surface area contributed by atoms with Gasteiger partial charge in [-0.25, -0.2) is 0 Å². The van der Waals surface area contributed by atoms with E-state index in [0.29, 0.717) is 5.75 Å². The first kappa shape index (κ1) is 22.3. The summed E-state index contributed by atoms with van der Waals surface area (Å²) in [6, 6.07) is 8.79. The number of aryl methyl sites for hydroxylation is 1. The minimum absolute atomic E-state index is 0.0137. The lowest BCUT2D eigenvalue weighted by Crippen LogP contribution is -2.23. The normalized spacial score (nSPS) is 11.3. The summed E-state index contributed by atoms with van der Waals surface area (Å²) in [5.41, 5.74) is 0.361. The third kappa shape index (κ3) is 6.23. The van der Waals surface area contributed by atoms with Gasteiger partial charge < -0.3 is 15.4 Å². The summed E-state index contributed by atoms with van der Waals surface area (Å²) in [6.45, 7) is 6.61. The molecule has 2 aromatic carbocycles. The second-order valence-electron chi connectivity index (χ2n) is 6.96. The van der Waals surface area contributed by atoms with Crippen molar-refractivity contribution in [2.75, 3.05) is 17.2 Å². The van der Waals surface area contributed by atoms with Gasteiger partial charge in [-0.05, 0) is 48.2 Å². The Hall–Kier alpha value is -3.03. The highest BCUT2D eigenvalue weighted by Crippen LogP contribution is 2.36. The van der Waals surface area contributed by atoms with Crippen LogP contribution < -0.4 is 15.4 Å². The van der Waals surface area contributed by atoms with Crippen LogP contribution in [0.4, 0.5) is 24.5 Å². The van der Waals surface area contributed by atoms with Crippen LogP contribution in [-0.4, -0.2) is 18.4 Å². The molecule has 5 nitrogen and oxygen atoms in total. The third-order valence-corrected chi connectivity index (χ3v) is 4.16. The highest BCUT2D eigenvalue weighted by atomic mass is 19.4. The Labute approximate surface area is 167 Å². The molecule has 0 aliphatic carbocycles. The summed E-state index contributed by atoms with van der Waals surface area (Å²) in [5, 5.41) is 4.52. The molecule has 0 fully saturated rings. The smallest absolute Gasteiger partial charge is 0.418 e. The van der Waals surface area contributed by atoms with Crippen molar-refractivity contribution in [2.45, 2.75) is 39.8 Å². The van der Waals surface area contributed by atoms with Crippen molar-refractivity contribution in [3.8, 4) is 5.75 Å². The molecule has 8 heteroatoms. The molecule has 0 saturated heterocycles. The molecule has 0 bridgehead atoms. The number of rotatable bonds is 6. The lowest BCUT2D eigenvalue weighted by atomic mass is 10.0. The number of ether oxygens (including phenoxy) is 1. The number of hydrogen-bond donors (Lipinski definition) is 2. The monoisotopic (exact) mass is 408 g/mol. The van der Waals surface area contributed by atoms with E-state index in [4.69, 9.17) is 4.74 Å². The molecule has 29 heavy (non-hydrogen) atoms. The Kier molecular flexibility index (Phi) is 6.89. The van der Waals surface area contributed by atoms with E-state index in [1.165, 1.54) is 13.0 Å². The maximum absolute atomic E-state index is 13.3. The van der Waals surface area contributed by atoms with Gasteiger partial charge in [-0.1, -0.05) is 26.0 Å². The fourth-order valence-corrected chi connectivity index (χ4v) is 2.63. The number of carbonyl (C=O) groups is 2. The summed E-state index contributed by atoms with van der Waals surface area (Å²) in [5.74, 6) is -0.453. The highest BCUT2D eigenvalue weighted by molar-refractivity contribution is 5.94. The van der Waals surface area contributed by atoms with Crippen molar-refractivity contribution in [1.82, 2.24) is 0 Å². The average molecular weight is 408 g/mol. The first-order chi connectivity index (χ1) is 13.5. The zero-order valence-electron chi connectivity index (χ0n) is 16.6. The average Bonchev–Trinajstić information content (AvgIpc) is 2.60. The summed E-state index contributed by atoms with van der Waals surface area (Å²) < 4.78 is 45.5. The third-order valence-electron chi connectivity index (χ3n) is 4.16. The predicted molar refractivity (Wildman–Crippen MR) is 105 cm³/mol. The molecule has 0 atom stereocenters. The number of benzene rings is 2. The van der Waals surface area contributed by atoms with Crippen LogP contribution in [0.3, 0.4) is 0 Å². The van der Waals surface area contributed by atoms with Crippen LogP contribution in [0.5, 0.6) is 5.75 Å². The lowest BCUT2D eigenvalue weighted by molar-refractivity contribution is -0.137. The van der Waals surface area contributed by atoms with E-state index in [1.54, 1.807) is 0 Å². The largest absolute Gasteiger partial charge is 0.483 e. The van der Waals surface area contributed by atoms with Gasteiger partial charge in [0.1, 0.15) is 5.75 Å². The number of alkyl halides is 3. The molecule has 2 aromatic rings. The molecule has 0 spiro atoms. The minimum Gasteiger partial charge on any atom is -0.483 e. The molecule has 2 rings (SSSR count). The molecule has 0 heterocycles. The second-order valence-corrected chi connectivity index (χ2v) is 6.96. The van der Waals surface area contributed by atoms with Crippen molar-refractivity contribution in [3.05, 3.63) is 53.1 Å². The van der Waals surface area contributed by atoms with Crippen LogP contribution in [-0.2, 0) is 15.8 Å². The number of halogens is 3. The molecule has 0 radical (unpaired) electrons. The van der Waals surface area contributed by atoms with Gasteiger partial charge in [-0.2, -0.15) is 13.2 Å². The van der Waals surface area contributed by atoms with E-state index in [1.807, 2.05) is 39.0 Å². The number of hydrogen-bond acceptors (Lipinski definition) is 3. The van der Waals surface area contributed by atoms with Gasteiger partial charge >= 0.3 is 6.18 Å². The van der Waals surface area contributed by atoms with Gasteiger partial charge in [0.25, 0.3) is 5.91 Å². The zero-order valence-corrected chi connectivity index (χ0v) is 16.6. The molecule has 2 N–H and O–H groups in total. The summed E-state index contributed by atoms with van der Waals surface area (Å²) in [7, 11) is 0. The predicted octanol–water partition coefficient (Wildman–Crippen LogP) is 5.11. The molecular formula is C21H23F3N2O3. The van der Waals surface area contributed by atoms with Crippen LogP contribution in [0.2, 0.25) is 0 Å². The molecule has 0 unspecified atom stereocenters. The summed E-state index contributed by atoms with van der Waals surface area (Å²) in [4.78, 5) is 23.3. The Morgan fingerprint density at radius 2 is 1.76 bits per heavy atom. The van der Waals surface area contributed by atoms with Crippen LogP contribution >= 0.6 is 0 Å². The zero-order chi connectivity index (χ0) is 21.8. The van der Waals surface area contributed by atoms with Crippen molar-refractivity contribution in [3.63, 3.8) is 0 Å². The Bertz CT molecular complexity index is 909. The van der Waals surface area contributed by atoms with Crippen molar-refractivity contribution in [2.24, 2.45) is 0 Å². The number of carbonyl (C=O) groups excluding carboxylic acids is 2. The molecule has 0 saturated carbocycles. The Balaban J connectivity index is 2.14. The molecule has 156 valence electrons. The standard InChI is InChI=1S/C21H23F3N2O3/c1-12(2)15-6-5-13(3)19(9-15)29-11-20(28)26-18-8-7-16(25-14(4)27)10-17(18)21(22,23)24/h5-10,12H,11H2,1-4H3,(H,25,27)(H,26,28). The van der Waals surface area contributed by atoms with Crippen molar-refractivity contribution < 1.29 is 27.5 Å².